The minimum absolute atomic E-state index is 0. The number of carbonyl (C=O) groups excluding carboxylic acids is 1. The quantitative estimate of drug-likeness (QED) is 0.407. The Kier molecular flexibility index (Phi) is 9.66. The maximum absolute atomic E-state index is 11.6. The van der Waals surface area contributed by atoms with Gasteiger partial charge in [0.25, 0.3) is 0 Å². The van der Waals surface area contributed by atoms with Crippen LogP contribution in [0.15, 0.2) is 22.5 Å². The average molecular weight is 438 g/mol. The third-order valence-electron chi connectivity index (χ3n) is 3.10. The van der Waals surface area contributed by atoms with Crippen molar-refractivity contribution >= 4 is 47.2 Å². The van der Waals surface area contributed by atoms with Gasteiger partial charge in [-0.2, -0.15) is 0 Å². The van der Waals surface area contributed by atoms with E-state index < -0.39 is 0 Å². The number of hydrogen-bond acceptors (Lipinski definition) is 3. The molecule has 7 heteroatoms. The van der Waals surface area contributed by atoms with E-state index in [4.69, 9.17) is 0 Å². The maximum Gasteiger partial charge on any atom is 0.243 e. The second-order valence-electron chi connectivity index (χ2n) is 5.70. The highest BCUT2D eigenvalue weighted by Gasteiger charge is 2.21. The first-order valence-corrected chi connectivity index (χ1v) is 8.01. The van der Waals surface area contributed by atoms with E-state index in [9.17, 15) is 4.79 Å². The van der Waals surface area contributed by atoms with Crippen molar-refractivity contribution < 1.29 is 4.79 Å². The largest absolute Gasteiger partial charge is 0.357 e. The summed E-state index contributed by atoms with van der Waals surface area (Å²) in [5.74, 6) is 0.669. The molecule has 1 heterocycles. The van der Waals surface area contributed by atoms with Gasteiger partial charge in [0.05, 0.1) is 0 Å². The summed E-state index contributed by atoms with van der Waals surface area (Å²) in [6, 6.07) is 4.21. The summed E-state index contributed by atoms with van der Waals surface area (Å²) in [5, 5.41) is 8.57. The normalized spacial score (nSPS) is 11.6. The Morgan fingerprint density at radius 1 is 1.36 bits per heavy atom. The molecule has 0 aliphatic rings. The standard InChI is InChI=1S/C15H26N4OS.HI/c1-6-16-14(17-10-13(20)19(4)5)18-11-15(2,3)12-8-7-9-21-12;/h7-9H,6,10-11H2,1-5H3,(H2,16,17,18);1H. The molecule has 126 valence electrons. The Hall–Kier alpha value is -0.830. The number of halogens is 1. The van der Waals surface area contributed by atoms with Crippen LogP contribution in [0.2, 0.25) is 0 Å². The Bertz CT molecular complexity index is 472. The molecule has 1 aromatic heterocycles. The zero-order valence-corrected chi connectivity index (χ0v) is 17.1. The molecule has 0 aromatic carbocycles. The second kappa shape index (κ2) is 10.0. The van der Waals surface area contributed by atoms with Crippen LogP contribution in [0, 0.1) is 0 Å². The molecule has 2 N–H and O–H groups in total. The third-order valence-corrected chi connectivity index (χ3v) is 4.34. The van der Waals surface area contributed by atoms with E-state index >= 15 is 0 Å². The first-order valence-electron chi connectivity index (χ1n) is 7.13. The number of hydrogen-bond donors (Lipinski definition) is 2. The average Bonchev–Trinajstić information content (AvgIpc) is 2.96. The summed E-state index contributed by atoms with van der Waals surface area (Å²) in [7, 11) is 3.47. The van der Waals surface area contributed by atoms with E-state index in [1.807, 2.05) is 6.92 Å². The van der Waals surface area contributed by atoms with Crippen LogP contribution in [0.3, 0.4) is 0 Å². The molecule has 0 saturated carbocycles. The zero-order valence-electron chi connectivity index (χ0n) is 14.0. The lowest BCUT2D eigenvalue weighted by atomic mass is 9.91. The van der Waals surface area contributed by atoms with Crippen molar-refractivity contribution in [2.24, 2.45) is 4.99 Å². The number of rotatable bonds is 6. The Morgan fingerprint density at radius 2 is 2.05 bits per heavy atom. The van der Waals surface area contributed by atoms with Gasteiger partial charge in [0, 0.05) is 37.5 Å². The highest BCUT2D eigenvalue weighted by atomic mass is 127. The van der Waals surface area contributed by atoms with Crippen LogP contribution in [0.5, 0.6) is 0 Å². The van der Waals surface area contributed by atoms with Crippen LogP contribution in [-0.2, 0) is 10.2 Å². The smallest absolute Gasteiger partial charge is 0.243 e. The number of nitrogens with one attached hydrogen (secondary N) is 2. The van der Waals surface area contributed by atoms with Gasteiger partial charge in [-0.15, -0.1) is 35.3 Å². The highest BCUT2D eigenvalue weighted by molar-refractivity contribution is 14.0. The number of likely N-dealkylation sites (N-methyl/N-ethyl adjacent to an activating group) is 1. The number of aliphatic imine (C=N–C) groups is 1. The van der Waals surface area contributed by atoms with Crippen molar-refractivity contribution in [1.29, 1.82) is 0 Å². The Labute approximate surface area is 154 Å². The molecule has 0 spiro atoms. The molecular weight excluding hydrogens is 411 g/mol. The van der Waals surface area contributed by atoms with Crippen LogP contribution in [-0.4, -0.2) is 50.5 Å². The summed E-state index contributed by atoms with van der Waals surface area (Å²) in [6.07, 6.45) is 0. The summed E-state index contributed by atoms with van der Waals surface area (Å²) in [4.78, 5) is 18.8. The van der Waals surface area contributed by atoms with Crippen molar-refractivity contribution in [2.45, 2.75) is 26.2 Å². The fraction of sp³-hybridized carbons (Fsp3) is 0.600. The van der Waals surface area contributed by atoms with Gasteiger partial charge < -0.3 is 15.5 Å². The monoisotopic (exact) mass is 438 g/mol. The fourth-order valence-electron chi connectivity index (χ4n) is 1.69. The van der Waals surface area contributed by atoms with Gasteiger partial charge >= 0.3 is 0 Å². The van der Waals surface area contributed by atoms with Crippen LogP contribution in [0.1, 0.15) is 25.6 Å². The summed E-state index contributed by atoms with van der Waals surface area (Å²) in [5.41, 5.74) is 0.0237. The number of amides is 1. The molecule has 22 heavy (non-hydrogen) atoms. The molecule has 1 amide bonds. The first-order chi connectivity index (χ1) is 9.86. The van der Waals surface area contributed by atoms with E-state index in [0.717, 1.165) is 13.1 Å². The van der Waals surface area contributed by atoms with Gasteiger partial charge in [0.2, 0.25) is 5.91 Å². The van der Waals surface area contributed by atoms with Crippen molar-refractivity contribution in [3.63, 3.8) is 0 Å². The lowest BCUT2D eigenvalue weighted by Crippen LogP contribution is -2.43. The molecule has 1 aromatic rings. The third kappa shape index (κ3) is 6.95. The van der Waals surface area contributed by atoms with Crippen molar-refractivity contribution in [1.82, 2.24) is 15.5 Å². The predicted octanol–water partition coefficient (Wildman–Crippen LogP) is 2.29. The molecule has 0 aliphatic heterocycles. The lowest BCUT2D eigenvalue weighted by Gasteiger charge is -2.25. The molecule has 0 saturated heterocycles. The molecule has 0 aliphatic carbocycles. The number of thiophene rings is 1. The van der Waals surface area contributed by atoms with Crippen LogP contribution in [0.4, 0.5) is 0 Å². The number of guanidine groups is 1. The number of carbonyl (C=O) groups is 1. The van der Waals surface area contributed by atoms with E-state index in [1.165, 1.54) is 4.88 Å². The minimum atomic E-state index is -0.00952. The van der Waals surface area contributed by atoms with Crippen LogP contribution >= 0.6 is 35.3 Å². The molecule has 0 atom stereocenters. The number of nitrogens with zero attached hydrogens (tertiary/aromatic N) is 2. The van der Waals surface area contributed by atoms with Crippen LogP contribution < -0.4 is 10.6 Å². The minimum Gasteiger partial charge on any atom is -0.357 e. The van der Waals surface area contributed by atoms with E-state index in [-0.39, 0.29) is 41.8 Å². The van der Waals surface area contributed by atoms with E-state index in [0.29, 0.717) is 5.96 Å². The summed E-state index contributed by atoms with van der Waals surface area (Å²) in [6.45, 7) is 8.08. The topological polar surface area (TPSA) is 56.7 Å². The summed E-state index contributed by atoms with van der Waals surface area (Å²) < 4.78 is 0. The molecule has 1 rings (SSSR count). The van der Waals surface area contributed by atoms with Crippen LogP contribution in [0.25, 0.3) is 0 Å². The molecule has 0 bridgehead atoms. The van der Waals surface area contributed by atoms with Gasteiger partial charge in [0.15, 0.2) is 5.96 Å². The molecule has 0 unspecified atom stereocenters. The molecule has 5 nitrogen and oxygen atoms in total. The van der Waals surface area contributed by atoms with Gasteiger partial charge in [-0.3, -0.25) is 4.79 Å². The zero-order chi connectivity index (χ0) is 15.9. The van der Waals surface area contributed by atoms with Crippen molar-refractivity contribution in [2.75, 3.05) is 33.7 Å². The second-order valence-corrected chi connectivity index (χ2v) is 6.65. The predicted molar refractivity (Wildman–Crippen MR) is 105 cm³/mol. The van der Waals surface area contributed by atoms with Gasteiger partial charge in [-0.1, -0.05) is 19.9 Å². The van der Waals surface area contributed by atoms with E-state index in [2.05, 4.69) is 47.0 Å². The van der Waals surface area contributed by atoms with Crippen molar-refractivity contribution in [3.8, 4) is 0 Å². The Balaban J connectivity index is 0.00000441. The Morgan fingerprint density at radius 3 is 2.55 bits per heavy atom. The van der Waals surface area contributed by atoms with Gasteiger partial charge in [-0.05, 0) is 18.4 Å². The fourth-order valence-corrected chi connectivity index (χ4v) is 2.54. The van der Waals surface area contributed by atoms with E-state index in [1.54, 1.807) is 30.3 Å². The lowest BCUT2D eigenvalue weighted by molar-refractivity contribution is -0.127. The molecule has 0 fully saturated rings. The summed E-state index contributed by atoms with van der Waals surface area (Å²) >= 11 is 1.76. The van der Waals surface area contributed by atoms with Gasteiger partial charge in [-0.25, -0.2) is 4.99 Å². The molecule has 0 radical (unpaired) electrons. The molecular formula is C15H27IN4OS. The highest BCUT2D eigenvalue weighted by Crippen LogP contribution is 2.26. The van der Waals surface area contributed by atoms with Gasteiger partial charge in [0.1, 0.15) is 6.54 Å². The maximum atomic E-state index is 11.6. The SMILES string of the molecule is CCNC(=NCC(=O)N(C)C)NCC(C)(C)c1cccs1.I. The first kappa shape index (κ1) is 21.2. The van der Waals surface area contributed by atoms with Crippen molar-refractivity contribution in [3.05, 3.63) is 22.4 Å².